The van der Waals surface area contributed by atoms with E-state index in [1.54, 1.807) is 31.3 Å². The molecule has 8 heteroatoms. The van der Waals surface area contributed by atoms with Crippen molar-refractivity contribution in [3.63, 3.8) is 0 Å². The number of nitrogens with two attached hydrogens (primary N) is 1. The highest BCUT2D eigenvalue weighted by Crippen LogP contribution is 2.29. The molecular formula is C20H21N3O5. The second kappa shape index (κ2) is 8.10. The number of primary amides is 1. The number of carbonyl (C=O) groups is 2. The summed E-state index contributed by atoms with van der Waals surface area (Å²) in [6.07, 6.45) is 1.74. The van der Waals surface area contributed by atoms with Crippen molar-refractivity contribution in [2.45, 2.75) is 26.5 Å². The smallest absolute Gasteiger partial charge is 0.256 e. The van der Waals surface area contributed by atoms with Gasteiger partial charge < -0.3 is 25.3 Å². The van der Waals surface area contributed by atoms with Crippen molar-refractivity contribution in [3.05, 3.63) is 59.1 Å². The molecule has 0 aliphatic rings. The minimum Gasteiger partial charge on any atom is -0.489 e. The number of fused-ring (bicyclic) bond motifs is 1. The molecule has 0 aliphatic heterocycles. The molecule has 1 atom stereocenters. The molecule has 4 N–H and O–H groups in total. The van der Waals surface area contributed by atoms with E-state index in [0.29, 0.717) is 29.1 Å². The Hall–Kier alpha value is -3.39. The first kappa shape index (κ1) is 19.4. The number of carbonyl (C=O) groups excluding carboxylic acids is 2. The van der Waals surface area contributed by atoms with Crippen LogP contribution >= 0.6 is 0 Å². The van der Waals surface area contributed by atoms with Crippen molar-refractivity contribution in [1.82, 2.24) is 10.3 Å². The molecule has 3 rings (SSSR count). The molecule has 2 aromatic heterocycles. The Morgan fingerprint density at radius 3 is 2.71 bits per heavy atom. The number of benzene rings is 1. The zero-order chi connectivity index (χ0) is 20.3. The molecule has 0 radical (unpaired) electrons. The molecule has 2 amide bonds. The first-order valence-electron chi connectivity index (χ1n) is 8.67. The van der Waals surface area contributed by atoms with Gasteiger partial charge in [-0.25, -0.2) is 0 Å². The van der Waals surface area contributed by atoms with E-state index in [4.69, 9.17) is 14.9 Å². The number of furan rings is 1. The SMILES string of the molecule is Cc1ccc(COc2ccc3oc(C)c(C(=O)NC(CO)C(N)=O)c3c2)cn1. The van der Waals surface area contributed by atoms with Crippen molar-refractivity contribution in [2.75, 3.05) is 6.61 Å². The number of ether oxygens (including phenoxy) is 1. The van der Waals surface area contributed by atoms with Gasteiger partial charge in [0.2, 0.25) is 5.91 Å². The predicted molar refractivity (Wildman–Crippen MR) is 102 cm³/mol. The Bertz CT molecular complexity index is 1010. The Balaban J connectivity index is 1.84. The summed E-state index contributed by atoms with van der Waals surface area (Å²) in [6.45, 7) is 3.29. The zero-order valence-corrected chi connectivity index (χ0v) is 15.6. The third-order valence-corrected chi connectivity index (χ3v) is 4.27. The number of aromatic nitrogens is 1. The summed E-state index contributed by atoms with van der Waals surface area (Å²) in [5.74, 6) is -0.448. The number of nitrogens with one attached hydrogen (secondary N) is 1. The Labute approximate surface area is 161 Å². The van der Waals surface area contributed by atoms with Crippen LogP contribution in [0, 0.1) is 13.8 Å². The number of amides is 2. The molecule has 0 bridgehead atoms. The maximum atomic E-state index is 12.6. The van der Waals surface area contributed by atoms with Gasteiger partial charge in [0.05, 0.1) is 12.2 Å². The fourth-order valence-electron chi connectivity index (χ4n) is 2.76. The molecule has 1 aromatic carbocycles. The fraction of sp³-hybridized carbons (Fsp3) is 0.250. The normalized spacial score (nSPS) is 12.0. The lowest BCUT2D eigenvalue weighted by Crippen LogP contribution is -2.46. The van der Waals surface area contributed by atoms with E-state index in [1.807, 2.05) is 19.1 Å². The van der Waals surface area contributed by atoms with Gasteiger partial charge in [-0.1, -0.05) is 6.07 Å². The minimum atomic E-state index is -1.18. The number of aliphatic hydroxyl groups excluding tert-OH is 1. The van der Waals surface area contributed by atoms with Crippen LogP contribution in [0.1, 0.15) is 27.4 Å². The fourth-order valence-corrected chi connectivity index (χ4v) is 2.76. The molecule has 8 nitrogen and oxygen atoms in total. The lowest BCUT2D eigenvalue weighted by Gasteiger charge is -2.12. The van der Waals surface area contributed by atoms with Gasteiger partial charge in [-0.3, -0.25) is 14.6 Å². The van der Waals surface area contributed by atoms with Crippen molar-refractivity contribution >= 4 is 22.8 Å². The largest absolute Gasteiger partial charge is 0.489 e. The second-order valence-electron chi connectivity index (χ2n) is 6.40. The molecule has 28 heavy (non-hydrogen) atoms. The lowest BCUT2D eigenvalue weighted by molar-refractivity contribution is -0.120. The van der Waals surface area contributed by atoms with Crippen LogP contribution in [0.5, 0.6) is 5.75 Å². The van der Waals surface area contributed by atoms with Crippen LogP contribution in [0.2, 0.25) is 0 Å². The number of nitrogens with zero attached hydrogens (tertiary/aromatic N) is 1. The molecule has 0 fully saturated rings. The molecule has 0 spiro atoms. The average molecular weight is 383 g/mol. The number of rotatable bonds is 7. The zero-order valence-electron chi connectivity index (χ0n) is 15.6. The molecule has 0 saturated carbocycles. The highest BCUT2D eigenvalue weighted by atomic mass is 16.5. The molecule has 146 valence electrons. The molecule has 3 aromatic rings. The van der Waals surface area contributed by atoms with E-state index in [2.05, 4.69) is 10.3 Å². The number of hydrogen-bond acceptors (Lipinski definition) is 6. The van der Waals surface area contributed by atoms with E-state index in [9.17, 15) is 14.7 Å². The molecule has 0 aliphatic carbocycles. The summed E-state index contributed by atoms with van der Waals surface area (Å²) in [5, 5.41) is 12.1. The number of aliphatic hydroxyl groups is 1. The van der Waals surface area contributed by atoms with Crippen LogP contribution in [-0.2, 0) is 11.4 Å². The van der Waals surface area contributed by atoms with E-state index in [1.165, 1.54) is 0 Å². The van der Waals surface area contributed by atoms with Crippen LogP contribution in [0.4, 0.5) is 0 Å². The highest BCUT2D eigenvalue weighted by molar-refractivity contribution is 6.08. The highest BCUT2D eigenvalue weighted by Gasteiger charge is 2.23. The van der Waals surface area contributed by atoms with Crippen LogP contribution in [0.15, 0.2) is 40.9 Å². The lowest BCUT2D eigenvalue weighted by atomic mass is 10.1. The Kier molecular flexibility index (Phi) is 5.60. The Morgan fingerprint density at radius 2 is 2.07 bits per heavy atom. The van der Waals surface area contributed by atoms with E-state index in [0.717, 1.165) is 11.3 Å². The van der Waals surface area contributed by atoms with E-state index >= 15 is 0 Å². The quantitative estimate of drug-likeness (QED) is 0.569. The van der Waals surface area contributed by atoms with E-state index < -0.39 is 24.5 Å². The van der Waals surface area contributed by atoms with Crippen LogP contribution in [-0.4, -0.2) is 34.6 Å². The topological polar surface area (TPSA) is 128 Å². The van der Waals surface area contributed by atoms with Gasteiger partial charge in [0.15, 0.2) is 0 Å². The van der Waals surface area contributed by atoms with Crippen molar-refractivity contribution < 1.29 is 23.8 Å². The summed E-state index contributed by atoms with van der Waals surface area (Å²) >= 11 is 0. The van der Waals surface area contributed by atoms with E-state index in [-0.39, 0.29) is 5.56 Å². The first-order valence-corrected chi connectivity index (χ1v) is 8.67. The van der Waals surface area contributed by atoms with Gasteiger partial charge in [-0.05, 0) is 38.1 Å². The summed E-state index contributed by atoms with van der Waals surface area (Å²) in [7, 11) is 0. The summed E-state index contributed by atoms with van der Waals surface area (Å²) < 4.78 is 11.4. The summed E-state index contributed by atoms with van der Waals surface area (Å²) in [5.41, 5.74) is 7.77. The van der Waals surface area contributed by atoms with Crippen molar-refractivity contribution in [1.29, 1.82) is 0 Å². The van der Waals surface area contributed by atoms with Gasteiger partial charge in [-0.15, -0.1) is 0 Å². The standard InChI is InChI=1S/C20H21N3O5/c1-11-3-4-13(8-22-11)10-27-14-5-6-17-15(7-14)18(12(2)28-17)20(26)23-16(9-24)19(21)25/h3-8,16,24H,9-10H2,1-2H3,(H2,21,25)(H,23,26). The van der Waals surface area contributed by atoms with Crippen molar-refractivity contribution in [2.24, 2.45) is 5.73 Å². The van der Waals surface area contributed by atoms with Crippen LogP contribution in [0.25, 0.3) is 11.0 Å². The van der Waals surface area contributed by atoms with Gasteiger partial charge in [0.1, 0.15) is 29.7 Å². The monoisotopic (exact) mass is 383 g/mol. The number of pyridine rings is 1. The van der Waals surface area contributed by atoms with Gasteiger partial charge in [-0.2, -0.15) is 0 Å². The number of hydrogen-bond donors (Lipinski definition) is 3. The maximum Gasteiger partial charge on any atom is 0.256 e. The first-order chi connectivity index (χ1) is 13.4. The molecule has 2 heterocycles. The number of aryl methyl sites for hydroxylation is 2. The van der Waals surface area contributed by atoms with Gasteiger partial charge in [0.25, 0.3) is 5.91 Å². The average Bonchev–Trinajstić information content (AvgIpc) is 3.00. The molecule has 0 saturated heterocycles. The van der Waals surface area contributed by atoms with Gasteiger partial charge in [0, 0.05) is 22.8 Å². The van der Waals surface area contributed by atoms with Crippen LogP contribution < -0.4 is 15.8 Å². The minimum absolute atomic E-state index is 0.261. The van der Waals surface area contributed by atoms with Crippen LogP contribution in [0.3, 0.4) is 0 Å². The summed E-state index contributed by atoms with van der Waals surface area (Å²) in [4.78, 5) is 28.1. The third-order valence-electron chi connectivity index (χ3n) is 4.27. The van der Waals surface area contributed by atoms with Gasteiger partial charge >= 0.3 is 0 Å². The molecular weight excluding hydrogens is 362 g/mol. The van der Waals surface area contributed by atoms with Crippen molar-refractivity contribution in [3.8, 4) is 5.75 Å². The Morgan fingerprint density at radius 1 is 1.29 bits per heavy atom. The maximum absolute atomic E-state index is 12.6. The second-order valence-corrected chi connectivity index (χ2v) is 6.40. The predicted octanol–water partition coefficient (Wildman–Crippen LogP) is 1.60. The molecule has 1 unspecified atom stereocenters. The summed E-state index contributed by atoms with van der Waals surface area (Å²) in [6, 6.07) is 7.81. The third kappa shape index (κ3) is 4.12.